The van der Waals surface area contributed by atoms with Gasteiger partial charge in [-0.3, -0.25) is 4.79 Å². The molecule has 0 saturated carbocycles. The predicted octanol–water partition coefficient (Wildman–Crippen LogP) is 2.34. The number of amides is 1. The van der Waals surface area contributed by atoms with Gasteiger partial charge in [-0.15, -0.1) is 0 Å². The molecule has 98 valence electrons. The summed E-state index contributed by atoms with van der Waals surface area (Å²) >= 11 is 0. The van der Waals surface area contributed by atoms with E-state index in [4.69, 9.17) is 0 Å². The van der Waals surface area contributed by atoms with Crippen molar-refractivity contribution in [1.29, 1.82) is 0 Å². The average Bonchev–Trinajstić information content (AvgIpc) is 2.73. The normalized spacial score (nSPS) is 13.9. The molecule has 1 aliphatic heterocycles. The number of carbonyl (C=O) groups excluding carboxylic acids is 1. The van der Waals surface area contributed by atoms with Crippen LogP contribution in [0.5, 0.6) is 0 Å². The van der Waals surface area contributed by atoms with Crippen LogP contribution in [-0.4, -0.2) is 25.2 Å². The fourth-order valence-corrected chi connectivity index (χ4v) is 1.87. The molecule has 1 aromatic rings. The van der Waals surface area contributed by atoms with Gasteiger partial charge in [-0.25, -0.2) is 0 Å². The Bertz CT molecular complexity index is 457. The van der Waals surface area contributed by atoms with Crippen molar-refractivity contribution in [3.63, 3.8) is 0 Å². The van der Waals surface area contributed by atoms with Crippen LogP contribution in [0.25, 0.3) is 0 Å². The van der Waals surface area contributed by atoms with Crippen LogP contribution in [0.2, 0.25) is 0 Å². The third-order valence-electron chi connectivity index (χ3n) is 2.77. The Morgan fingerprint density at radius 2 is 2.17 bits per heavy atom. The molecule has 2 N–H and O–H groups in total. The Morgan fingerprint density at radius 3 is 2.89 bits per heavy atom. The Balaban J connectivity index is 1.93. The summed E-state index contributed by atoms with van der Waals surface area (Å²) in [5, 5.41) is 5.42. The van der Waals surface area contributed by atoms with Crippen molar-refractivity contribution in [2.45, 2.75) is 19.0 Å². The van der Waals surface area contributed by atoms with E-state index in [-0.39, 0.29) is 0 Å². The van der Waals surface area contributed by atoms with Crippen LogP contribution in [-0.2, 0) is 6.42 Å². The van der Waals surface area contributed by atoms with E-state index in [0.29, 0.717) is 5.56 Å². The van der Waals surface area contributed by atoms with Crippen LogP contribution < -0.4 is 10.6 Å². The number of nitrogens with one attached hydrogen (secondary N) is 2. The molecular weight excluding hydrogens is 245 g/mol. The molecule has 0 spiro atoms. The summed E-state index contributed by atoms with van der Waals surface area (Å²) in [5.74, 6) is -0.464. The molecule has 0 aliphatic carbocycles. The molecule has 0 atom stereocenters. The highest BCUT2D eigenvalue weighted by molar-refractivity contribution is 5.95. The topological polar surface area (TPSA) is 41.1 Å². The molecule has 6 heteroatoms. The molecule has 1 heterocycles. The molecule has 0 fully saturated rings. The van der Waals surface area contributed by atoms with Crippen molar-refractivity contribution in [1.82, 2.24) is 5.32 Å². The first kappa shape index (κ1) is 12.7. The van der Waals surface area contributed by atoms with Crippen molar-refractivity contribution in [3.8, 4) is 0 Å². The van der Waals surface area contributed by atoms with E-state index in [0.717, 1.165) is 24.2 Å². The van der Waals surface area contributed by atoms with Crippen molar-refractivity contribution < 1.29 is 18.0 Å². The van der Waals surface area contributed by atoms with Crippen molar-refractivity contribution in [2.75, 3.05) is 18.4 Å². The average molecular weight is 258 g/mol. The first-order valence-electron chi connectivity index (χ1n) is 5.67. The molecule has 1 amide bonds. The third kappa shape index (κ3) is 3.15. The lowest BCUT2D eigenvalue weighted by Gasteiger charge is -2.08. The quantitative estimate of drug-likeness (QED) is 0.873. The molecule has 3 nitrogen and oxygen atoms in total. The smallest absolute Gasteiger partial charge is 0.384 e. The first-order valence-corrected chi connectivity index (χ1v) is 5.67. The Hall–Kier alpha value is -1.72. The minimum Gasteiger partial charge on any atom is -0.384 e. The minimum absolute atomic E-state index is 0.391. The van der Waals surface area contributed by atoms with Crippen molar-refractivity contribution in [3.05, 3.63) is 29.3 Å². The summed E-state index contributed by atoms with van der Waals surface area (Å²) in [6.45, 7) is 0.437. The number of halogens is 3. The molecule has 0 aromatic heterocycles. The molecule has 0 radical (unpaired) electrons. The number of fused-ring (bicyclic) bond motifs is 1. The van der Waals surface area contributed by atoms with Crippen LogP contribution in [0.1, 0.15) is 22.3 Å². The summed E-state index contributed by atoms with van der Waals surface area (Å²) in [6, 6.07) is 5.11. The van der Waals surface area contributed by atoms with E-state index in [1.807, 2.05) is 0 Å². The molecular formula is C12H13F3N2O. The molecule has 2 rings (SSSR count). The third-order valence-corrected chi connectivity index (χ3v) is 2.77. The number of benzene rings is 1. The molecule has 0 saturated heterocycles. The predicted molar refractivity (Wildman–Crippen MR) is 61.6 cm³/mol. The van der Waals surface area contributed by atoms with Crippen LogP contribution >= 0.6 is 0 Å². The van der Waals surface area contributed by atoms with Crippen LogP contribution in [0.15, 0.2) is 18.2 Å². The van der Waals surface area contributed by atoms with E-state index < -0.39 is 25.0 Å². The summed E-state index contributed by atoms with van der Waals surface area (Å²) in [4.78, 5) is 11.6. The lowest BCUT2D eigenvalue weighted by atomic mass is 10.1. The molecule has 1 aliphatic rings. The second-order valence-corrected chi connectivity index (χ2v) is 4.17. The van der Waals surface area contributed by atoms with Gasteiger partial charge in [-0.05, 0) is 30.2 Å². The van der Waals surface area contributed by atoms with Crippen molar-refractivity contribution in [2.24, 2.45) is 0 Å². The summed E-state index contributed by atoms with van der Waals surface area (Å²) in [5.41, 5.74) is 2.42. The van der Waals surface area contributed by atoms with E-state index in [1.165, 1.54) is 0 Å². The number of hydrogen-bond donors (Lipinski definition) is 2. The van der Waals surface area contributed by atoms with Crippen LogP contribution in [0.4, 0.5) is 18.9 Å². The van der Waals surface area contributed by atoms with Crippen LogP contribution in [0.3, 0.4) is 0 Å². The number of anilines is 1. The van der Waals surface area contributed by atoms with Gasteiger partial charge in [0.25, 0.3) is 5.91 Å². The van der Waals surface area contributed by atoms with Gasteiger partial charge in [0.2, 0.25) is 0 Å². The highest BCUT2D eigenvalue weighted by Gasteiger charge is 2.26. The summed E-state index contributed by atoms with van der Waals surface area (Å²) < 4.78 is 35.8. The molecule has 0 unspecified atom stereocenters. The standard InChI is InChI=1S/C12H13F3N2O/c13-12(14,15)4-6-17-11(18)9-1-2-10-8(7-9)3-5-16-10/h1-2,7,16H,3-6H2,(H,17,18). The molecule has 18 heavy (non-hydrogen) atoms. The summed E-state index contributed by atoms with van der Waals surface area (Å²) in [6.07, 6.45) is -4.42. The fourth-order valence-electron chi connectivity index (χ4n) is 1.87. The van der Waals surface area contributed by atoms with E-state index in [9.17, 15) is 18.0 Å². The SMILES string of the molecule is O=C(NCCC(F)(F)F)c1ccc2c(c1)CCN2. The first-order chi connectivity index (χ1) is 8.46. The maximum atomic E-state index is 11.9. The largest absolute Gasteiger partial charge is 0.390 e. The lowest BCUT2D eigenvalue weighted by Crippen LogP contribution is -2.27. The second kappa shape index (κ2) is 4.88. The van der Waals surface area contributed by atoms with E-state index in [2.05, 4.69) is 10.6 Å². The zero-order valence-corrected chi connectivity index (χ0v) is 9.60. The van der Waals surface area contributed by atoms with Crippen LogP contribution in [0, 0.1) is 0 Å². The van der Waals surface area contributed by atoms with Gasteiger partial charge < -0.3 is 10.6 Å². The number of hydrogen-bond acceptors (Lipinski definition) is 2. The Kier molecular flexibility index (Phi) is 3.45. The number of alkyl halides is 3. The molecule has 1 aromatic carbocycles. The highest BCUT2D eigenvalue weighted by atomic mass is 19.4. The van der Waals surface area contributed by atoms with Gasteiger partial charge in [-0.1, -0.05) is 0 Å². The zero-order valence-electron chi connectivity index (χ0n) is 9.60. The van der Waals surface area contributed by atoms with Gasteiger partial charge in [0.1, 0.15) is 0 Å². The minimum atomic E-state index is -4.24. The van der Waals surface area contributed by atoms with Gasteiger partial charge in [0.15, 0.2) is 0 Å². The van der Waals surface area contributed by atoms with E-state index >= 15 is 0 Å². The monoisotopic (exact) mass is 258 g/mol. The molecule has 0 bridgehead atoms. The van der Waals surface area contributed by atoms with E-state index in [1.54, 1.807) is 18.2 Å². The maximum Gasteiger partial charge on any atom is 0.390 e. The Morgan fingerprint density at radius 1 is 1.39 bits per heavy atom. The zero-order chi connectivity index (χ0) is 13.2. The summed E-state index contributed by atoms with van der Waals surface area (Å²) in [7, 11) is 0. The number of carbonyl (C=O) groups is 1. The van der Waals surface area contributed by atoms with Gasteiger partial charge in [-0.2, -0.15) is 13.2 Å². The second-order valence-electron chi connectivity index (χ2n) is 4.17. The lowest BCUT2D eigenvalue weighted by molar-refractivity contribution is -0.132. The fraction of sp³-hybridized carbons (Fsp3) is 0.417. The van der Waals surface area contributed by atoms with Gasteiger partial charge in [0.05, 0.1) is 6.42 Å². The Labute approximate surface area is 102 Å². The maximum absolute atomic E-state index is 11.9. The number of rotatable bonds is 3. The van der Waals surface area contributed by atoms with Crippen molar-refractivity contribution >= 4 is 11.6 Å². The van der Waals surface area contributed by atoms with Gasteiger partial charge in [0, 0.05) is 24.3 Å². The highest BCUT2D eigenvalue weighted by Crippen LogP contribution is 2.23. The van der Waals surface area contributed by atoms with Gasteiger partial charge >= 0.3 is 6.18 Å².